The molecule has 1 aromatic heterocycles. The molecule has 14 heavy (non-hydrogen) atoms. The van der Waals surface area contributed by atoms with Crippen LogP contribution in [0.4, 0.5) is 5.13 Å². The van der Waals surface area contributed by atoms with Gasteiger partial charge in [-0.25, -0.2) is 4.98 Å². The fraction of sp³-hybridized carbons (Fsp3) is 0.667. The third kappa shape index (κ3) is 2.83. The van der Waals surface area contributed by atoms with E-state index in [1.165, 1.54) is 24.2 Å². The van der Waals surface area contributed by atoms with Crippen LogP contribution < -0.4 is 5.32 Å². The minimum absolute atomic E-state index is 0.339. The highest BCUT2D eigenvalue weighted by Crippen LogP contribution is 2.20. The second kappa shape index (κ2) is 4.96. The third-order valence-corrected chi connectivity index (χ3v) is 3.35. The molecular formula is C9H13ClN2OS. The zero-order valence-corrected chi connectivity index (χ0v) is 9.40. The number of ether oxygens (including phenoxy) is 1. The monoisotopic (exact) mass is 232 g/mol. The zero-order valence-electron chi connectivity index (χ0n) is 7.83. The van der Waals surface area contributed by atoms with Gasteiger partial charge in [0.05, 0.1) is 6.10 Å². The van der Waals surface area contributed by atoms with E-state index in [9.17, 15) is 0 Å². The van der Waals surface area contributed by atoms with Crippen LogP contribution in [0.5, 0.6) is 0 Å². The molecule has 3 nitrogen and oxygen atoms in total. The molecule has 1 aliphatic heterocycles. The maximum atomic E-state index is 5.71. The summed E-state index contributed by atoms with van der Waals surface area (Å²) in [6.45, 7) is 1.73. The molecule has 0 radical (unpaired) electrons. The van der Waals surface area contributed by atoms with Crippen molar-refractivity contribution in [3.8, 4) is 0 Å². The summed E-state index contributed by atoms with van der Waals surface area (Å²) in [7, 11) is 0. The molecule has 1 aliphatic rings. The van der Waals surface area contributed by atoms with E-state index in [4.69, 9.17) is 16.3 Å². The number of hydrogen-bond acceptors (Lipinski definition) is 4. The van der Waals surface area contributed by atoms with Gasteiger partial charge in [0.2, 0.25) is 0 Å². The second-order valence-corrected chi connectivity index (χ2v) is 4.59. The summed E-state index contributed by atoms with van der Waals surface area (Å²) in [5, 5.41) is 6.49. The van der Waals surface area contributed by atoms with Gasteiger partial charge >= 0.3 is 0 Å². The van der Waals surface area contributed by atoms with E-state index in [0.717, 1.165) is 24.7 Å². The van der Waals surface area contributed by atoms with E-state index >= 15 is 0 Å². The minimum atomic E-state index is 0.339. The highest BCUT2D eigenvalue weighted by Gasteiger charge is 2.13. The van der Waals surface area contributed by atoms with Gasteiger partial charge in [-0.15, -0.1) is 11.3 Å². The highest BCUT2D eigenvalue weighted by molar-refractivity contribution is 7.14. The average molecular weight is 233 g/mol. The molecule has 5 heteroatoms. The lowest BCUT2D eigenvalue weighted by atomic mass is 10.1. The van der Waals surface area contributed by atoms with E-state index in [1.54, 1.807) is 0 Å². The Labute approximate surface area is 92.4 Å². The van der Waals surface area contributed by atoms with Crippen molar-refractivity contribution >= 4 is 28.1 Å². The molecule has 0 aromatic carbocycles. The Bertz CT molecular complexity index is 286. The van der Waals surface area contributed by atoms with Crippen LogP contribution in [0, 0.1) is 0 Å². The molecular weight excluding hydrogens is 220 g/mol. The van der Waals surface area contributed by atoms with Gasteiger partial charge in [-0.2, -0.15) is 0 Å². The summed E-state index contributed by atoms with van der Waals surface area (Å²) < 4.78 is 5.59. The summed E-state index contributed by atoms with van der Waals surface area (Å²) in [4.78, 5) is 4.11. The zero-order chi connectivity index (χ0) is 9.80. The lowest BCUT2D eigenvalue weighted by molar-refractivity contribution is 0.0247. The number of aromatic nitrogens is 1. The van der Waals surface area contributed by atoms with Crippen LogP contribution in [0.15, 0.2) is 5.38 Å². The lowest BCUT2D eigenvalue weighted by Gasteiger charge is -2.22. The van der Waals surface area contributed by atoms with Crippen LogP contribution in [0.3, 0.4) is 0 Å². The SMILES string of the molecule is Clc1csc(NCC2CCCCO2)n1. The largest absolute Gasteiger partial charge is 0.376 e. The van der Waals surface area contributed by atoms with Crippen molar-refractivity contribution in [1.82, 2.24) is 4.98 Å². The Balaban J connectivity index is 1.76. The Kier molecular flexibility index (Phi) is 3.61. The maximum Gasteiger partial charge on any atom is 0.184 e. The number of thiazole rings is 1. The fourth-order valence-corrected chi connectivity index (χ4v) is 2.35. The van der Waals surface area contributed by atoms with Crippen LogP contribution >= 0.6 is 22.9 Å². The standard InChI is InChI=1S/C9H13ClN2OS/c10-8-6-14-9(12-8)11-5-7-3-1-2-4-13-7/h6-7H,1-5H2,(H,11,12). The van der Waals surface area contributed by atoms with Crippen LogP contribution in [0.1, 0.15) is 19.3 Å². The van der Waals surface area contributed by atoms with E-state index < -0.39 is 0 Å². The summed E-state index contributed by atoms with van der Waals surface area (Å²) in [6.07, 6.45) is 3.95. The van der Waals surface area contributed by atoms with Gasteiger partial charge in [-0.05, 0) is 19.3 Å². The summed E-state index contributed by atoms with van der Waals surface area (Å²) >= 11 is 7.24. The van der Waals surface area contributed by atoms with Crippen molar-refractivity contribution in [1.29, 1.82) is 0 Å². The average Bonchev–Trinajstić information content (AvgIpc) is 2.63. The molecule has 2 heterocycles. The van der Waals surface area contributed by atoms with E-state index in [2.05, 4.69) is 10.3 Å². The Morgan fingerprint density at radius 2 is 2.57 bits per heavy atom. The fourth-order valence-electron chi connectivity index (χ4n) is 1.50. The maximum absolute atomic E-state index is 5.71. The summed E-state index contributed by atoms with van der Waals surface area (Å²) in [6, 6.07) is 0. The van der Waals surface area contributed by atoms with Gasteiger partial charge in [0, 0.05) is 18.5 Å². The first kappa shape index (κ1) is 10.2. The molecule has 78 valence electrons. The van der Waals surface area contributed by atoms with Crippen molar-refractivity contribution in [2.75, 3.05) is 18.5 Å². The van der Waals surface area contributed by atoms with Gasteiger partial charge < -0.3 is 10.1 Å². The molecule has 0 amide bonds. The number of hydrogen-bond donors (Lipinski definition) is 1. The molecule has 1 saturated heterocycles. The first-order valence-electron chi connectivity index (χ1n) is 4.81. The van der Waals surface area contributed by atoms with Crippen molar-refractivity contribution in [3.05, 3.63) is 10.5 Å². The predicted molar refractivity (Wildman–Crippen MR) is 59.2 cm³/mol. The number of anilines is 1. The number of nitrogens with one attached hydrogen (secondary N) is 1. The van der Waals surface area contributed by atoms with Gasteiger partial charge in [-0.1, -0.05) is 11.6 Å². The Hall–Kier alpha value is -0.320. The van der Waals surface area contributed by atoms with E-state index in [0.29, 0.717) is 11.3 Å². The van der Waals surface area contributed by atoms with Gasteiger partial charge in [0.1, 0.15) is 5.15 Å². The first-order chi connectivity index (χ1) is 6.84. The Morgan fingerprint density at radius 3 is 3.21 bits per heavy atom. The van der Waals surface area contributed by atoms with Crippen molar-refractivity contribution < 1.29 is 4.74 Å². The van der Waals surface area contributed by atoms with E-state index in [-0.39, 0.29) is 0 Å². The molecule has 1 N–H and O–H groups in total. The summed E-state index contributed by atoms with van der Waals surface area (Å²) in [5.74, 6) is 0. The van der Waals surface area contributed by atoms with Crippen LogP contribution in [0.2, 0.25) is 5.15 Å². The van der Waals surface area contributed by atoms with E-state index in [1.807, 2.05) is 5.38 Å². The van der Waals surface area contributed by atoms with Gasteiger partial charge in [0.25, 0.3) is 0 Å². The molecule has 1 unspecified atom stereocenters. The molecule has 0 aliphatic carbocycles. The Morgan fingerprint density at radius 1 is 1.64 bits per heavy atom. The minimum Gasteiger partial charge on any atom is -0.376 e. The third-order valence-electron chi connectivity index (χ3n) is 2.23. The van der Waals surface area contributed by atoms with Crippen LogP contribution in [0.25, 0.3) is 0 Å². The molecule has 0 bridgehead atoms. The predicted octanol–water partition coefficient (Wildman–Crippen LogP) is 2.78. The summed E-state index contributed by atoms with van der Waals surface area (Å²) in [5.41, 5.74) is 0. The smallest absolute Gasteiger partial charge is 0.184 e. The van der Waals surface area contributed by atoms with Crippen molar-refractivity contribution in [2.24, 2.45) is 0 Å². The topological polar surface area (TPSA) is 34.1 Å². The first-order valence-corrected chi connectivity index (χ1v) is 6.07. The lowest BCUT2D eigenvalue weighted by Crippen LogP contribution is -2.26. The van der Waals surface area contributed by atoms with Gasteiger partial charge in [0.15, 0.2) is 5.13 Å². The van der Waals surface area contributed by atoms with Gasteiger partial charge in [-0.3, -0.25) is 0 Å². The van der Waals surface area contributed by atoms with Crippen molar-refractivity contribution in [3.63, 3.8) is 0 Å². The molecule has 1 atom stereocenters. The molecule has 2 rings (SSSR count). The quantitative estimate of drug-likeness (QED) is 0.870. The molecule has 1 aromatic rings. The molecule has 0 spiro atoms. The normalized spacial score (nSPS) is 22.2. The van der Waals surface area contributed by atoms with Crippen molar-refractivity contribution in [2.45, 2.75) is 25.4 Å². The second-order valence-electron chi connectivity index (χ2n) is 3.34. The van der Waals surface area contributed by atoms with Crippen LogP contribution in [-0.4, -0.2) is 24.2 Å². The van der Waals surface area contributed by atoms with Crippen LogP contribution in [-0.2, 0) is 4.74 Å². The number of nitrogens with zero attached hydrogens (tertiary/aromatic N) is 1. The highest BCUT2D eigenvalue weighted by atomic mass is 35.5. The molecule has 1 fully saturated rings. The number of rotatable bonds is 3. The molecule has 0 saturated carbocycles. The number of halogens is 1.